The van der Waals surface area contributed by atoms with Gasteiger partial charge in [-0.05, 0) is 56.5 Å². The van der Waals surface area contributed by atoms with Crippen LogP contribution in [0.3, 0.4) is 0 Å². The fourth-order valence-electron chi connectivity index (χ4n) is 2.65. The van der Waals surface area contributed by atoms with E-state index in [4.69, 9.17) is 0 Å². The van der Waals surface area contributed by atoms with Crippen molar-refractivity contribution in [1.29, 1.82) is 0 Å². The Morgan fingerprint density at radius 3 is 2.16 bits per heavy atom. The molecule has 0 saturated heterocycles. The Hall–Kier alpha value is -1.60. The van der Waals surface area contributed by atoms with E-state index >= 15 is 0 Å². The first-order chi connectivity index (χ1) is 9.11. The zero-order valence-electron chi connectivity index (χ0n) is 12.3. The molecular weight excluding hydrogens is 230 g/mol. The molecule has 1 unspecified atom stereocenters. The number of rotatable bonds is 4. The first-order valence-electron chi connectivity index (χ1n) is 6.90. The van der Waals surface area contributed by atoms with Crippen molar-refractivity contribution in [3.63, 3.8) is 0 Å². The van der Waals surface area contributed by atoms with Crippen molar-refractivity contribution >= 4 is 0 Å². The molecule has 0 heterocycles. The van der Waals surface area contributed by atoms with Crippen LogP contribution in [0.15, 0.2) is 42.5 Å². The van der Waals surface area contributed by atoms with Gasteiger partial charge >= 0.3 is 0 Å². The number of likely N-dealkylation sites (N-methyl/N-ethyl adjacent to an activating group) is 1. The maximum Gasteiger partial charge on any atom is 0.0358 e. The molecule has 2 aromatic carbocycles. The largest absolute Gasteiger partial charge is 0.313 e. The van der Waals surface area contributed by atoms with Crippen molar-refractivity contribution in [1.82, 2.24) is 5.32 Å². The fourth-order valence-corrected chi connectivity index (χ4v) is 2.65. The van der Waals surface area contributed by atoms with Gasteiger partial charge in [0.1, 0.15) is 0 Å². The van der Waals surface area contributed by atoms with Gasteiger partial charge in [0.15, 0.2) is 0 Å². The van der Waals surface area contributed by atoms with Crippen LogP contribution in [0.5, 0.6) is 0 Å². The van der Waals surface area contributed by atoms with E-state index < -0.39 is 0 Å². The minimum Gasteiger partial charge on any atom is -0.313 e. The smallest absolute Gasteiger partial charge is 0.0358 e. The molecule has 0 aromatic heterocycles. The van der Waals surface area contributed by atoms with Gasteiger partial charge in [-0.3, -0.25) is 0 Å². The van der Waals surface area contributed by atoms with Crippen LogP contribution in [0.25, 0.3) is 0 Å². The zero-order valence-corrected chi connectivity index (χ0v) is 12.3. The SMILES string of the molecule is CNC(Cc1c(C)cccc1C)c1cccc(C)c1. The number of hydrogen-bond donors (Lipinski definition) is 1. The van der Waals surface area contributed by atoms with Gasteiger partial charge in [0.05, 0.1) is 0 Å². The van der Waals surface area contributed by atoms with Gasteiger partial charge in [-0.25, -0.2) is 0 Å². The average Bonchev–Trinajstić information content (AvgIpc) is 2.38. The average molecular weight is 253 g/mol. The third kappa shape index (κ3) is 3.24. The molecule has 2 rings (SSSR count). The summed E-state index contributed by atoms with van der Waals surface area (Å²) < 4.78 is 0. The second-order valence-electron chi connectivity index (χ2n) is 5.33. The third-order valence-corrected chi connectivity index (χ3v) is 3.85. The van der Waals surface area contributed by atoms with Crippen molar-refractivity contribution in [3.05, 3.63) is 70.3 Å². The lowest BCUT2D eigenvalue weighted by Crippen LogP contribution is -2.19. The second kappa shape index (κ2) is 6.03. The summed E-state index contributed by atoms with van der Waals surface area (Å²) in [4.78, 5) is 0. The van der Waals surface area contributed by atoms with E-state index in [2.05, 4.69) is 68.6 Å². The third-order valence-electron chi connectivity index (χ3n) is 3.85. The van der Waals surface area contributed by atoms with E-state index in [0.29, 0.717) is 6.04 Å². The zero-order chi connectivity index (χ0) is 13.8. The van der Waals surface area contributed by atoms with Gasteiger partial charge in [0.2, 0.25) is 0 Å². The molecule has 2 aromatic rings. The van der Waals surface area contributed by atoms with Crippen LogP contribution in [0, 0.1) is 20.8 Å². The molecule has 1 nitrogen and oxygen atoms in total. The number of benzene rings is 2. The molecule has 0 spiro atoms. The Morgan fingerprint density at radius 1 is 0.947 bits per heavy atom. The topological polar surface area (TPSA) is 12.0 Å². The lowest BCUT2D eigenvalue weighted by molar-refractivity contribution is 0.589. The maximum absolute atomic E-state index is 3.45. The Labute approximate surface area is 116 Å². The van der Waals surface area contributed by atoms with Crippen LogP contribution in [-0.4, -0.2) is 7.05 Å². The van der Waals surface area contributed by atoms with Crippen LogP contribution < -0.4 is 5.32 Å². The molecule has 0 saturated carbocycles. The van der Waals surface area contributed by atoms with Gasteiger partial charge in [0, 0.05) is 6.04 Å². The molecular formula is C18H23N. The van der Waals surface area contributed by atoms with Crippen molar-refractivity contribution in [2.24, 2.45) is 0 Å². The molecule has 0 radical (unpaired) electrons. The highest BCUT2D eigenvalue weighted by Gasteiger charge is 2.13. The fraction of sp³-hybridized carbons (Fsp3) is 0.333. The summed E-state index contributed by atoms with van der Waals surface area (Å²) in [6.45, 7) is 6.55. The molecule has 1 atom stereocenters. The quantitative estimate of drug-likeness (QED) is 0.864. The second-order valence-corrected chi connectivity index (χ2v) is 5.33. The van der Waals surface area contributed by atoms with Gasteiger partial charge < -0.3 is 5.32 Å². The van der Waals surface area contributed by atoms with Crippen molar-refractivity contribution in [3.8, 4) is 0 Å². The van der Waals surface area contributed by atoms with Crippen LogP contribution in [-0.2, 0) is 6.42 Å². The predicted octanol–water partition coefficient (Wildman–Crippen LogP) is 4.12. The summed E-state index contributed by atoms with van der Waals surface area (Å²) in [6, 6.07) is 15.7. The first-order valence-corrected chi connectivity index (χ1v) is 6.90. The Balaban J connectivity index is 2.29. The minimum absolute atomic E-state index is 0.375. The lowest BCUT2D eigenvalue weighted by atomic mass is 9.92. The van der Waals surface area contributed by atoms with Crippen molar-refractivity contribution in [2.45, 2.75) is 33.2 Å². The number of nitrogens with one attached hydrogen (secondary N) is 1. The molecule has 0 aliphatic carbocycles. The summed E-state index contributed by atoms with van der Waals surface area (Å²) in [5, 5.41) is 3.45. The van der Waals surface area contributed by atoms with E-state index in [0.717, 1.165) is 6.42 Å². The lowest BCUT2D eigenvalue weighted by Gasteiger charge is -2.20. The maximum atomic E-state index is 3.45. The van der Waals surface area contributed by atoms with Crippen molar-refractivity contribution in [2.75, 3.05) is 7.05 Å². The predicted molar refractivity (Wildman–Crippen MR) is 82.6 cm³/mol. The standard InChI is InChI=1S/C18H23N/c1-13-7-5-10-16(11-13)18(19-4)12-17-14(2)8-6-9-15(17)3/h5-11,18-19H,12H2,1-4H3. The van der Waals surface area contributed by atoms with E-state index in [-0.39, 0.29) is 0 Å². The molecule has 1 heteroatoms. The first kappa shape index (κ1) is 13.8. The molecule has 19 heavy (non-hydrogen) atoms. The summed E-state index contributed by atoms with van der Waals surface area (Å²) in [6.07, 6.45) is 1.04. The Kier molecular flexibility index (Phi) is 4.39. The van der Waals surface area contributed by atoms with Crippen LogP contribution in [0.4, 0.5) is 0 Å². The van der Waals surface area contributed by atoms with Gasteiger partial charge in [-0.2, -0.15) is 0 Å². The molecule has 100 valence electrons. The molecule has 0 fully saturated rings. The minimum atomic E-state index is 0.375. The molecule has 1 N–H and O–H groups in total. The number of hydrogen-bond acceptors (Lipinski definition) is 1. The van der Waals surface area contributed by atoms with E-state index in [1.165, 1.54) is 27.8 Å². The van der Waals surface area contributed by atoms with Crippen LogP contribution >= 0.6 is 0 Å². The van der Waals surface area contributed by atoms with E-state index in [9.17, 15) is 0 Å². The summed E-state index contributed by atoms with van der Waals surface area (Å²) in [5.41, 5.74) is 6.91. The Bertz CT molecular complexity index is 537. The molecule has 0 bridgehead atoms. The van der Waals surface area contributed by atoms with Gasteiger partial charge in [0.25, 0.3) is 0 Å². The summed E-state index contributed by atoms with van der Waals surface area (Å²) in [5.74, 6) is 0. The van der Waals surface area contributed by atoms with Gasteiger partial charge in [-0.15, -0.1) is 0 Å². The molecule has 0 aliphatic heterocycles. The molecule has 0 aliphatic rings. The normalized spacial score (nSPS) is 12.4. The summed E-state index contributed by atoms with van der Waals surface area (Å²) >= 11 is 0. The summed E-state index contributed by atoms with van der Waals surface area (Å²) in [7, 11) is 2.04. The van der Waals surface area contributed by atoms with Crippen molar-refractivity contribution < 1.29 is 0 Å². The van der Waals surface area contributed by atoms with E-state index in [1.54, 1.807) is 0 Å². The number of aryl methyl sites for hydroxylation is 3. The highest BCUT2D eigenvalue weighted by atomic mass is 14.9. The highest BCUT2D eigenvalue weighted by molar-refractivity contribution is 5.36. The van der Waals surface area contributed by atoms with E-state index in [1.807, 2.05) is 7.05 Å². The van der Waals surface area contributed by atoms with Gasteiger partial charge in [-0.1, -0.05) is 48.0 Å². The van der Waals surface area contributed by atoms with Crippen LogP contribution in [0.1, 0.15) is 33.9 Å². The monoisotopic (exact) mass is 253 g/mol. The Morgan fingerprint density at radius 2 is 1.58 bits per heavy atom. The molecule has 0 amide bonds. The van der Waals surface area contributed by atoms with Crippen LogP contribution in [0.2, 0.25) is 0 Å². The highest BCUT2D eigenvalue weighted by Crippen LogP contribution is 2.23.